The minimum absolute atomic E-state index is 0.293. The molecule has 3 nitrogen and oxygen atoms in total. The highest BCUT2D eigenvalue weighted by atomic mass is 19.4. The van der Waals surface area contributed by atoms with E-state index in [0.29, 0.717) is 22.2 Å². The Morgan fingerprint density at radius 1 is 1.04 bits per heavy atom. The Balaban J connectivity index is 1.88. The molecule has 0 bridgehead atoms. The van der Waals surface area contributed by atoms with E-state index in [1.165, 1.54) is 12.1 Å². The van der Waals surface area contributed by atoms with Gasteiger partial charge in [-0.15, -0.1) is 0 Å². The van der Waals surface area contributed by atoms with Gasteiger partial charge in [-0.25, -0.2) is 0 Å². The van der Waals surface area contributed by atoms with Crippen molar-refractivity contribution in [2.75, 3.05) is 5.32 Å². The fourth-order valence-corrected chi connectivity index (χ4v) is 2.63. The van der Waals surface area contributed by atoms with Crippen LogP contribution < -0.4 is 5.32 Å². The molecule has 0 saturated heterocycles. The molecular formula is C18H15F3N2O. The first-order valence-electron chi connectivity index (χ1n) is 7.32. The summed E-state index contributed by atoms with van der Waals surface area (Å²) in [6.07, 6.45) is -4.43. The first-order valence-corrected chi connectivity index (χ1v) is 7.32. The van der Waals surface area contributed by atoms with Gasteiger partial charge in [0.15, 0.2) is 0 Å². The van der Waals surface area contributed by atoms with Gasteiger partial charge in [0.2, 0.25) is 0 Å². The molecule has 0 aliphatic carbocycles. The standard InChI is InChI=1S/C18H15F3N2O/c1-10-3-5-14(11(2)7-10)17(24)22-13-4-6-15-12(8-13)9-16(23-15)18(19,20)21/h3-9,23H,1-2H3,(H,22,24). The van der Waals surface area contributed by atoms with Gasteiger partial charge in [-0.05, 0) is 49.7 Å². The number of halogens is 3. The molecule has 2 aromatic carbocycles. The van der Waals surface area contributed by atoms with Crippen molar-refractivity contribution >= 4 is 22.5 Å². The molecule has 0 aliphatic rings. The zero-order valence-electron chi connectivity index (χ0n) is 13.1. The van der Waals surface area contributed by atoms with E-state index in [1.54, 1.807) is 12.1 Å². The number of H-pyrrole nitrogens is 1. The maximum Gasteiger partial charge on any atom is 0.431 e. The highest BCUT2D eigenvalue weighted by Gasteiger charge is 2.32. The van der Waals surface area contributed by atoms with Crippen molar-refractivity contribution in [3.63, 3.8) is 0 Å². The summed E-state index contributed by atoms with van der Waals surface area (Å²) in [5, 5.41) is 3.11. The lowest BCUT2D eigenvalue weighted by Crippen LogP contribution is -2.13. The summed E-state index contributed by atoms with van der Waals surface area (Å²) >= 11 is 0. The normalized spacial score (nSPS) is 11.7. The number of carbonyl (C=O) groups is 1. The van der Waals surface area contributed by atoms with Crippen molar-refractivity contribution in [2.24, 2.45) is 0 Å². The molecule has 1 heterocycles. The molecule has 2 N–H and O–H groups in total. The van der Waals surface area contributed by atoms with Crippen LogP contribution in [-0.4, -0.2) is 10.9 Å². The van der Waals surface area contributed by atoms with Crippen molar-refractivity contribution in [1.29, 1.82) is 0 Å². The number of amides is 1. The Morgan fingerprint density at radius 2 is 1.79 bits per heavy atom. The number of alkyl halides is 3. The summed E-state index contributed by atoms with van der Waals surface area (Å²) in [4.78, 5) is 14.7. The SMILES string of the molecule is Cc1ccc(C(=O)Nc2ccc3[nH]c(C(F)(F)F)cc3c2)c(C)c1. The van der Waals surface area contributed by atoms with E-state index in [4.69, 9.17) is 0 Å². The number of fused-ring (bicyclic) bond motifs is 1. The van der Waals surface area contributed by atoms with Gasteiger partial charge in [0, 0.05) is 22.2 Å². The van der Waals surface area contributed by atoms with Gasteiger partial charge in [0.1, 0.15) is 5.69 Å². The predicted molar refractivity (Wildman–Crippen MR) is 87.2 cm³/mol. The predicted octanol–water partition coefficient (Wildman–Crippen LogP) is 5.06. The van der Waals surface area contributed by atoms with Crippen LogP contribution in [-0.2, 0) is 6.18 Å². The van der Waals surface area contributed by atoms with Crippen LogP contribution in [0.5, 0.6) is 0 Å². The number of anilines is 1. The van der Waals surface area contributed by atoms with Gasteiger partial charge in [0.25, 0.3) is 5.91 Å². The summed E-state index contributed by atoms with van der Waals surface area (Å²) in [5.74, 6) is -0.293. The third-order valence-corrected chi connectivity index (χ3v) is 3.81. The fourth-order valence-electron chi connectivity index (χ4n) is 2.63. The van der Waals surface area contributed by atoms with Gasteiger partial charge in [-0.3, -0.25) is 4.79 Å². The van der Waals surface area contributed by atoms with Crippen LogP contribution >= 0.6 is 0 Å². The lowest BCUT2D eigenvalue weighted by molar-refractivity contribution is -0.140. The largest absolute Gasteiger partial charge is 0.431 e. The third kappa shape index (κ3) is 3.13. The molecule has 1 aromatic heterocycles. The van der Waals surface area contributed by atoms with Crippen molar-refractivity contribution in [2.45, 2.75) is 20.0 Å². The third-order valence-electron chi connectivity index (χ3n) is 3.81. The maximum atomic E-state index is 12.7. The minimum Gasteiger partial charge on any atom is -0.351 e. The fraction of sp³-hybridized carbons (Fsp3) is 0.167. The van der Waals surface area contributed by atoms with Gasteiger partial charge >= 0.3 is 6.18 Å². The van der Waals surface area contributed by atoms with E-state index in [-0.39, 0.29) is 5.91 Å². The molecule has 1 amide bonds. The number of benzene rings is 2. The number of aromatic amines is 1. The van der Waals surface area contributed by atoms with Crippen molar-refractivity contribution < 1.29 is 18.0 Å². The number of nitrogens with one attached hydrogen (secondary N) is 2. The second-order valence-electron chi connectivity index (χ2n) is 5.76. The topological polar surface area (TPSA) is 44.9 Å². The molecule has 0 fully saturated rings. The van der Waals surface area contributed by atoms with E-state index >= 15 is 0 Å². The minimum atomic E-state index is -4.43. The lowest BCUT2D eigenvalue weighted by Gasteiger charge is -2.08. The van der Waals surface area contributed by atoms with E-state index < -0.39 is 11.9 Å². The van der Waals surface area contributed by atoms with Crippen LogP contribution in [0.3, 0.4) is 0 Å². The number of aromatic nitrogens is 1. The average Bonchev–Trinajstić information content (AvgIpc) is 2.90. The summed E-state index contributed by atoms with van der Waals surface area (Å²) in [6, 6.07) is 11.1. The summed E-state index contributed by atoms with van der Waals surface area (Å²) in [7, 11) is 0. The molecule has 0 spiro atoms. The van der Waals surface area contributed by atoms with Crippen LogP contribution in [0.4, 0.5) is 18.9 Å². The van der Waals surface area contributed by atoms with Gasteiger partial charge < -0.3 is 10.3 Å². The highest BCUT2D eigenvalue weighted by molar-refractivity contribution is 6.06. The van der Waals surface area contributed by atoms with Gasteiger partial charge in [0.05, 0.1) is 0 Å². The van der Waals surface area contributed by atoms with Crippen molar-refractivity contribution in [1.82, 2.24) is 4.98 Å². The number of hydrogen-bond acceptors (Lipinski definition) is 1. The monoisotopic (exact) mass is 332 g/mol. The molecule has 0 atom stereocenters. The second-order valence-corrected chi connectivity index (χ2v) is 5.76. The molecule has 3 aromatic rings. The molecule has 0 aliphatic heterocycles. The molecule has 24 heavy (non-hydrogen) atoms. The van der Waals surface area contributed by atoms with Crippen LogP contribution in [0, 0.1) is 13.8 Å². The molecule has 0 unspecified atom stereocenters. The van der Waals surface area contributed by atoms with Crippen LogP contribution in [0.25, 0.3) is 10.9 Å². The molecule has 3 rings (SSSR count). The van der Waals surface area contributed by atoms with Crippen LogP contribution in [0.15, 0.2) is 42.5 Å². The van der Waals surface area contributed by atoms with E-state index in [1.807, 2.05) is 26.0 Å². The maximum absolute atomic E-state index is 12.7. The molecule has 0 radical (unpaired) electrons. The zero-order valence-corrected chi connectivity index (χ0v) is 13.1. The Morgan fingerprint density at radius 3 is 2.46 bits per heavy atom. The number of aryl methyl sites for hydroxylation is 2. The number of rotatable bonds is 2. The van der Waals surface area contributed by atoms with E-state index in [9.17, 15) is 18.0 Å². The molecule has 0 saturated carbocycles. The summed E-state index contributed by atoms with van der Waals surface area (Å²) in [6.45, 7) is 3.78. The van der Waals surface area contributed by atoms with E-state index in [0.717, 1.165) is 17.2 Å². The lowest BCUT2D eigenvalue weighted by atomic mass is 10.1. The number of carbonyl (C=O) groups excluding carboxylic acids is 1. The smallest absolute Gasteiger partial charge is 0.351 e. The second kappa shape index (κ2) is 5.70. The van der Waals surface area contributed by atoms with Crippen molar-refractivity contribution in [3.05, 3.63) is 64.8 Å². The van der Waals surface area contributed by atoms with Gasteiger partial charge in [-0.2, -0.15) is 13.2 Å². The zero-order chi connectivity index (χ0) is 17.5. The summed E-state index contributed by atoms with van der Waals surface area (Å²) < 4.78 is 38.2. The summed E-state index contributed by atoms with van der Waals surface area (Å²) in [5.41, 5.74) is 2.43. The molecular weight excluding hydrogens is 317 g/mol. The Bertz CT molecular complexity index is 926. The Hall–Kier alpha value is -2.76. The van der Waals surface area contributed by atoms with E-state index in [2.05, 4.69) is 10.3 Å². The van der Waals surface area contributed by atoms with Gasteiger partial charge in [-0.1, -0.05) is 17.7 Å². The first-order chi connectivity index (χ1) is 11.2. The molecule has 6 heteroatoms. The Labute approximate surface area is 136 Å². The van der Waals surface area contributed by atoms with Crippen molar-refractivity contribution in [3.8, 4) is 0 Å². The molecule has 124 valence electrons. The van der Waals surface area contributed by atoms with Crippen LogP contribution in [0.2, 0.25) is 0 Å². The highest BCUT2D eigenvalue weighted by Crippen LogP contribution is 2.32. The first kappa shape index (κ1) is 16.1. The Kier molecular flexibility index (Phi) is 3.83. The quantitative estimate of drug-likeness (QED) is 0.677. The number of hydrogen-bond donors (Lipinski definition) is 2. The van der Waals surface area contributed by atoms with Crippen LogP contribution in [0.1, 0.15) is 27.2 Å². The average molecular weight is 332 g/mol.